The summed E-state index contributed by atoms with van der Waals surface area (Å²) in [6.45, 7) is 4.04. The molecule has 82 valence electrons. The Morgan fingerprint density at radius 2 is 2.20 bits per heavy atom. The highest BCUT2D eigenvalue weighted by Crippen LogP contribution is 2.77. The van der Waals surface area contributed by atoms with E-state index >= 15 is 0 Å². The summed E-state index contributed by atoms with van der Waals surface area (Å²) in [5.74, 6) is 5.32. The third-order valence-corrected chi connectivity index (χ3v) is 6.08. The van der Waals surface area contributed by atoms with Crippen LogP contribution in [-0.4, -0.2) is 18.8 Å². The van der Waals surface area contributed by atoms with Gasteiger partial charge in [-0.05, 0) is 42.6 Å². The lowest BCUT2D eigenvalue weighted by Crippen LogP contribution is -2.81. The Hall–Kier alpha value is -0.340. The Bertz CT molecular complexity index is 341. The van der Waals surface area contributed by atoms with Gasteiger partial charge in [-0.15, -0.1) is 0 Å². The molecule has 2 nitrogen and oxygen atoms in total. The summed E-state index contributed by atoms with van der Waals surface area (Å²) in [5, 5.41) is 0. The van der Waals surface area contributed by atoms with Crippen molar-refractivity contribution in [3.8, 4) is 0 Å². The lowest BCUT2D eigenvalue weighted by molar-refractivity contribution is -0.499. The van der Waals surface area contributed by atoms with Gasteiger partial charge in [-0.3, -0.25) is 0 Å². The second-order valence-corrected chi connectivity index (χ2v) is 6.20. The third kappa shape index (κ3) is 0.724. The Balaban J connectivity index is 1.82. The minimum absolute atomic E-state index is 0.142. The normalized spacial score (nSPS) is 68.3. The summed E-state index contributed by atoms with van der Waals surface area (Å²) in [6, 6.07) is 0. The van der Waals surface area contributed by atoms with Crippen LogP contribution in [0.2, 0.25) is 0 Å². The molecule has 0 spiro atoms. The second-order valence-electron chi connectivity index (χ2n) is 6.20. The minimum atomic E-state index is 0.142. The van der Waals surface area contributed by atoms with Crippen molar-refractivity contribution < 1.29 is 10.5 Å². The van der Waals surface area contributed by atoms with Crippen LogP contribution in [-0.2, 0) is 4.74 Å². The molecule has 5 fully saturated rings. The molecule has 0 aromatic rings. The first-order valence-corrected chi connectivity index (χ1v) is 6.24. The summed E-state index contributed by atoms with van der Waals surface area (Å²) in [5.41, 5.74) is 4.65. The van der Waals surface area contributed by atoms with Gasteiger partial charge in [-0.1, -0.05) is 6.58 Å². The molecule has 5 saturated carbocycles. The maximum Gasteiger partial charge on any atom is 0.122 e. The van der Waals surface area contributed by atoms with Crippen molar-refractivity contribution >= 4 is 0 Å². The molecule has 0 aliphatic heterocycles. The van der Waals surface area contributed by atoms with Crippen LogP contribution in [0.1, 0.15) is 12.8 Å². The fraction of sp³-hybridized carbons (Fsp3) is 0.846. The van der Waals surface area contributed by atoms with Gasteiger partial charge in [0.15, 0.2) is 0 Å². The average molecular weight is 206 g/mol. The van der Waals surface area contributed by atoms with E-state index in [1.54, 1.807) is 0 Å². The van der Waals surface area contributed by atoms with Gasteiger partial charge >= 0.3 is 0 Å². The number of ether oxygens (including phenoxy) is 1. The topological polar surface area (TPSA) is 36.9 Å². The standard InChI is InChI=1S/C13H19NO/c1-3-13(14)8-5-6-4-7(12(8)15-2)10-9(6)11(10)13/h3,6-12H,1,4-5,14H2,2H3/p+1. The van der Waals surface area contributed by atoms with E-state index in [0.29, 0.717) is 12.0 Å². The van der Waals surface area contributed by atoms with Crippen LogP contribution in [0, 0.1) is 35.5 Å². The largest absolute Gasteiger partial charge is 0.381 e. The quantitative estimate of drug-likeness (QED) is 0.663. The molecule has 5 rings (SSSR count). The summed E-state index contributed by atoms with van der Waals surface area (Å²) in [4.78, 5) is 0. The van der Waals surface area contributed by atoms with E-state index in [1.807, 2.05) is 7.11 Å². The third-order valence-electron chi connectivity index (χ3n) is 6.08. The molecule has 5 aliphatic rings. The zero-order valence-corrected chi connectivity index (χ0v) is 9.36. The fourth-order valence-electron chi connectivity index (χ4n) is 5.66. The van der Waals surface area contributed by atoms with Crippen molar-refractivity contribution in [1.82, 2.24) is 0 Å². The van der Waals surface area contributed by atoms with Crippen molar-refractivity contribution in [3.05, 3.63) is 12.7 Å². The number of quaternary nitrogens is 1. The molecule has 0 aromatic heterocycles. The van der Waals surface area contributed by atoms with Crippen molar-refractivity contribution in [1.29, 1.82) is 0 Å². The highest BCUT2D eigenvalue weighted by Gasteiger charge is 2.80. The first kappa shape index (κ1) is 8.77. The molecule has 3 N–H and O–H groups in total. The molecule has 8 unspecified atom stereocenters. The minimum Gasteiger partial charge on any atom is -0.381 e. The van der Waals surface area contributed by atoms with Crippen LogP contribution < -0.4 is 5.73 Å². The van der Waals surface area contributed by atoms with Gasteiger partial charge in [0.1, 0.15) is 5.54 Å². The van der Waals surface area contributed by atoms with Crippen LogP contribution in [0.15, 0.2) is 12.7 Å². The van der Waals surface area contributed by atoms with Gasteiger partial charge < -0.3 is 10.5 Å². The second kappa shape index (κ2) is 2.33. The molecule has 8 atom stereocenters. The van der Waals surface area contributed by atoms with Gasteiger partial charge in [-0.2, -0.15) is 0 Å². The molecule has 0 amide bonds. The molecule has 15 heavy (non-hydrogen) atoms. The summed E-state index contributed by atoms with van der Waals surface area (Å²) in [7, 11) is 1.89. The Morgan fingerprint density at radius 3 is 2.87 bits per heavy atom. The van der Waals surface area contributed by atoms with E-state index in [-0.39, 0.29) is 5.54 Å². The molecule has 5 aliphatic carbocycles. The SMILES string of the molecule is C=CC1([NH3+])C2CC3CC(C2OC)C2C3C21. The molecule has 0 saturated heterocycles. The zero-order chi connectivity index (χ0) is 10.4. The van der Waals surface area contributed by atoms with Crippen LogP contribution in [0.5, 0.6) is 0 Å². The average Bonchev–Trinajstić information content (AvgIpc) is 2.94. The number of rotatable bonds is 2. The Morgan fingerprint density at radius 1 is 1.40 bits per heavy atom. The van der Waals surface area contributed by atoms with Crippen molar-refractivity contribution in [3.63, 3.8) is 0 Å². The van der Waals surface area contributed by atoms with Crippen LogP contribution >= 0.6 is 0 Å². The van der Waals surface area contributed by atoms with E-state index in [0.717, 1.165) is 29.6 Å². The van der Waals surface area contributed by atoms with Crippen LogP contribution in [0.25, 0.3) is 0 Å². The van der Waals surface area contributed by atoms with Crippen LogP contribution in [0.4, 0.5) is 0 Å². The van der Waals surface area contributed by atoms with Gasteiger partial charge in [-0.25, -0.2) is 0 Å². The zero-order valence-electron chi connectivity index (χ0n) is 9.36. The highest BCUT2D eigenvalue weighted by molar-refractivity contribution is 5.30. The number of hydrogen-bond donors (Lipinski definition) is 1. The molecule has 0 heterocycles. The summed E-state index contributed by atoms with van der Waals surface area (Å²) >= 11 is 0. The van der Waals surface area contributed by atoms with E-state index in [2.05, 4.69) is 18.4 Å². The van der Waals surface area contributed by atoms with Crippen molar-refractivity contribution in [2.75, 3.05) is 7.11 Å². The van der Waals surface area contributed by atoms with Crippen molar-refractivity contribution in [2.24, 2.45) is 35.5 Å². The monoisotopic (exact) mass is 206 g/mol. The van der Waals surface area contributed by atoms with Gasteiger partial charge in [0.2, 0.25) is 0 Å². The van der Waals surface area contributed by atoms with Gasteiger partial charge in [0.05, 0.1) is 6.10 Å². The van der Waals surface area contributed by atoms with E-state index in [1.165, 1.54) is 12.8 Å². The van der Waals surface area contributed by atoms with E-state index in [4.69, 9.17) is 4.74 Å². The highest BCUT2D eigenvalue weighted by atomic mass is 16.5. The molecule has 0 radical (unpaired) electrons. The van der Waals surface area contributed by atoms with E-state index in [9.17, 15) is 0 Å². The molecular formula is C13H20NO+. The van der Waals surface area contributed by atoms with Crippen LogP contribution in [0.3, 0.4) is 0 Å². The maximum absolute atomic E-state index is 5.78. The molecule has 4 bridgehead atoms. The number of methoxy groups -OCH3 is 1. The van der Waals surface area contributed by atoms with Gasteiger partial charge in [0, 0.05) is 18.9 Å². The summed E-state index contributed by atoms with van der Waals surface area (Å²) in [6.07, 6.45) is 5.40. The molecule has 0 aromatic carbocycles. The first-order chi connectivity index (χ1) is 7.22. The Kier molecular flexibility index (Phi) is 1.36. The lowest BCUT2D eigenvalue weighted by Gasteiger charge is -2.50. The van der Waals surface area contributed by atoms with E-state index < -0.39 is 0 Å². The predicted molar refractivity (Wildman–Crippen MR) is 56.8 cm³/mol. The smallest absolute Gasteiger partial charge is 0.122 e. The summed E-state index contributed by atoms with van der Waals surface area (Å²) < 4.78 is 5.78. The fourth-order valence-corrected chi connectivity index (χ4v) is 5.66. The maximum atomic E-state index is 5.78. The van der Waals surface area contributed by atoms with Gasteiger partial charge in [0.25, 0.3) is 0 Å². The predicted octanol–water partition coefficient (Wildman–Crippen LogP) is 0.700. The molecular weight excluding hydrogens is 186 g/mol. The Labute approximate surface area is 90.9 Å². The molecule has 2 heteroatoms. The van der Waals surface area contributed by atoms with Crippen molar-refractivity contribution in [2.45, 2.75) is 24.5 Å². The lowest BCUT2D eigenvalue weighted by atomic mass is 9.57. The number of hydrogen-bond acceptors (Lipinski definition) is 1. The first-order valence-electron chi connectivity index (χ1n) is 6.24.